The van der Waals surface area contributed by atoms with E-state index in [2.05, 4.69) is 10.1 Å². The van der Waals surface area contributed by atoms with Crippen molar-refractivity contribution in [2.75, 3.05) is 7.11 Å². The van der Waals surface area contributed by atoms with Crippen molar-refractivity contribution >= 4 is 17.6 Å². The third kappa shape index (κ3) is 1.54. The molecule has 1 aliphatic rings. The molecule has 0 aromatic rings. The number of nitrogens with one attached hydrogen (secondary N) is 1. The van der Waals surface area contributed by atoms with E-state index in [-0.39, 0.29) is 0 Å². The Bertz CT molecular complexity index is 224. The quantitative estimate of drug-likeness (QED) is 0.362. The van der Waals surface area contributed by atoms with Gasteiger partial charge >= 0.3 is 5.97 Å². The van der Waals surface area contributed by atoms with Crippen LogP contribution in [-0.4, -0.2) is 18.1 Å². The number of carbonyl (C=O) groups is 1. The summed E-state index contributed by atoms with van der Waals surface area (Å²) in [7, 11) is 1.29. The Morgan fingerprint density at radius 3 is 2.82 bits per heavy atom. The van der Waals surface area contributed by atoms with Crippen molar-refractivity contribution in [2.24, 2.45) is 0 Å². The lowest BCUT2D eigenvalue weighted by molar-refractivity contribution is -0.143. The number of halogens is 1. The second-order valence-electron chi connectivity index (χ2n) is 2.07. The highest BCUT2D eigenvalue weighted by Gasteiger charge is 2.33. The van der Waals surface area contributed by atoms with Gasteiger partial charge in [-0.1, -0.05) is 17.7 Å². The summed E-state index contributed by atoms with van der Waals surface area (Å²) in [5.41, 5.74) is 0. The Morgan fingerprint density at radius 2 is 2.36 bits per heavy atom. The van der Waals surface area contributed by atoms with Crippen molar-refractivity contribution < 1.29 is 9.53 Å². The summed E-state index contributed by atoms with van der Waals surface area (Å²) in [5, 5.41) is 2.67. The Hall–Kier alpha value is -0.960. The van der Waals surface area contributed by atoms with Crippen LogP contribution >= 0.6 is 11.6 Å². The van der Waals surface area contributed by atoms with Crippen molar-refractivity contribution in [2.45, 2.75) is 5.00 Å². The Morgan fingerprint density at radius 1 is 1.64 bits per heavy atom. The summed E-state index contributed by atoms with van der Waals surface area (Å²) in [6.45, 7) is 0. The highest BCUT2D eigenvalue weighted by atomic mass is 35.5. The molecule has 0 aliphatic carbocycles. The van der Waals surface area contributed by atoms with Gasteiger partial charge in [0.1, 0.15) is 0 Å². The molecule has 0 radical (unpaired) electrons. The largest absolute Gasteiger partial charge is 0.466 e. The van der Waals surface area contributed by atoms with Gasteiger partial charge in [-0.3, -0.25) is 0 Å². The molecule has 60 valence electrons. The lowest BCUT2D eigenvalue weighted by atomic mass is 10.2. The number of dihydropyridines is 1. The van der Waals surface area contributed by atoms with Crippen LogP contribution in [0.3, 0.4) is 0 Å². The highest BCUT2D eigenvalue weighted by molar-refractivity contribution is 6.35. The molecule has 0 saturated heterocycles. The summed E-state index contributed by atoms with van der Waals surface area (Å²) < 4.78 is 4.47. The van der Waals surface area contributed by atoms with Crippen LogP contribution in [0.1, 0.15) is 0 Å². The number of hydrogen-bond acceptors (Lipinski definition) is 3. The Kier molecular flexibility index (Phi) is 2.19. The second kappa shape index (κ2) is 2.96. The Balaban J connectivity index is 2.75. The van der Waals surface area contributed by atoms with Gasteiger partial charge in [-0.2, -0.15) is 0 Å². The predicted molar refractivity (Wildman–Crippen MR) is 42.0 cm³/mol. The van der Waals surface area contributed by atoms with Gasteiger partial charge in [0.15, 0.2) is 0 Å². The van der Waals surface area contributed by atoms with E-state index in [0.29, 0.717) is 0 Å². The SMILES string of the molecule is COC(=O)C1(Cl)C=CC=CN1. The predicted octanol–water partition coefficient (Wildman–Crippen LogP) is 0.768. The van der Waals surface area contributed by atoms with Crippen molar-refractivity contribution in [1.82, 2.24) is 5.32 Å². The molecule has 0 spiro atoms. The number of allylic oxidation sites excluding steroid dienone is 2. The van der Waals surface area contributed by atoms with E-state index in [1.165, 1.54) is 13.2 Å². The molecule has 0 amide bonds. The molecule has 11 heavy (non-hydrogen) atoms. The molecule has 3 nitrogen and oxygen atoms in total. The number of ether oxygens (including phenoxy) is 1. The first kappa shape index (κ1) is 8.14. The van der Waals surface area contributed by atoms with E-state index in [9.17, 15) is 4.79 Å². The fraction of sp³-hybridized carbons (Fsp3) is 0.286. The number of alkyl halides is 1. The van der Waals surface area contributed by atoms with Gasteiger partial charge in [0.05, 0.1) is 7.11 Å². The van der Waals surface area contributed by atoms with E-state index >= 15 is 0 Å². The first-order valence-electron chi connectivity index (χ1n) is 3.08. The molecular formula is C7H8ClNO2. The van der Waals surface area contributed by atoms with Crippen LogP contribution in [0.25, 0.3) is 0 Å². The van der Waals surface area contributed by atoms with Crippen LogP contribution < -0.4 is 5.32 Å². The molecule has 1 unspecified atom stereocenters. The fourth-order valence-electron chi connectivity index (χ4n) is 0.737. The number of esters is 1. The normalized spacial score (nSPS) is 27.8. The smallest absolute Gasteiger partial charge is 0.351 e. The standard InChI is InChI=1S/C7H8ClNO2/c1-11-6(10)7(8)4-2-3-5-9-7/h2-5,9H,1H3. The minimum atomic E-state index is -1.22. The lowest BCUT2D eigenvalue weighted by Crippen LogP contribution is -2.44. The van der Waals surface area contributed by atoms with E-state index in [1.807, 2.05) is 0 Å². The topological polar surface area (TPSA) is 38.3 Å². The van der Waals surface area contributed by atoms with Crippen molar-refractivity contribution in [1.29, 1.82) is 0 Å². The zero-order valence-electron chi connectivity index (χ0n) is 6.00. The molecular weight excluding hydrogens is 166 g/mol. The average molecular weight is 174 g/mol. The summed E-state index contributed by atoms with van der Waals surface area (Å²) in [5.74, 6) is -0.514. The van der Waals surface area contributed by atoms with Gasteiger partial charge in [0.2, 0.25) is 5.00 Å². The third-order valence-corrected chi connectivity index (χ3v) is 1.70. The molecule has 0 bridgehead atoms. The first-order chi connectivity index (χ1) is 5.19. The minimum absolute atomic E-state index is 0.514. The van der Waals surface area contributed by atoms with Gasteiger partial charge in [-0.15, -0.1) is 0 Å². The van der Waals surface area contributed by atoms with Gasteiger partial charge in [0, 0.05) is 0 Å². The molecule has 0 saturated carbocycles. The van der Waals surface area contributed by atoms with Gasteiger partial charge in [-0.05, 0) is 18.4 Å². The first-order valence-corrected chi connectivity index (χ1v) is 3.46. The molecule has 1 heterocycles. The van der Waals surface area contributed by atoms with E-state index < -0.39 is 11.0 Å². The zero-order valence-corrected chi connectivity index (χ0v) is 6.76. The molecule has 0 aromatic heterocycles. The number of hydrogen-bond donors (Lipinski definition) is 1. The summed E-state index contributed by atoms with van der Waals surface area (Å²) in [6, 6.07) is 0. The lowest BCUT2D eigenvalue weighted by Gasteiger charge is -2.22. The minimum Gasteiger partial charge on any atom is -0.466 e. The molecule has 4 heteroatoms. The molecule has 1 N–H and O–H groups in total. The number of rotatable bonds is 1. The molecule has 1 rings (SSSR count). The summed E-state index contributed by atoms with van der Waals surface area (Å²) >= 11 is 5.80. The van der Waals surface area contributed by atoms with E-state index in [1.54, 1.807) is 18.4 Å². The summed E-state index contributed by atoms with van der Waals surface area (Å²) in [6.07, 6.45) is 6.54. The average Bonchev–Trinajstić information content (AvgIpc) is 2.04. The molecule has 0 fully saturated rings. The third-order valence-electron chi connectivity index (χ3n) is 1.31. The maximum Gasteiger partial charge on any atom is 0.351 e. The van der Waals surface area contributed by atoms with Crippen LogP contribution in [0, 0.1) is 0 Å². The van der Waals surface area contributed by atoms with E-state index in [4.69, 9.17) is 11.6 Å². The molecule has 0 aromatic carbocycles. The monoisotopic (exact) mass is 173 g/mol. The molecule has 1 aliphatic heterocycles. The number of carbonyl (C=O) groups excluding carboxylic acids is 1. The van der Waals surface area contributed by atoms with Gasteiger partial charge in [0.25, 0.3) is 0 Å². The van der Waals surface area contributed by atoms with Crippen LogP contribution in [0.4, 0.5) is 0 Å². The van der Waals surface area contributed by atoms with Crippen LogP contribution in [0.5, 0.6) is 0 Å². The second-order valence-corrected chi connectivity index (χ2v) is 2.66. The van der Waals surface area contributed by atoms with Gasteiger partial charge < -0.3 is 10.1 Å². The van der Waals surface area contributed by atoms with E-state index in [0.717, 1.165) is 0 Å². The van der Waals surface area contributed by atoms with Crippen LogP contribution in [0.2, 0.25) is 0 Å². The maximum atomic E-state index is 11.0. The van der Waals surface area contributed by atoms with Crippen molar-refractivity contribution in [3.05, 3.63) is 24.4 Å². The van der Waals surface area contributed by atoms with Crippen LogP contribution in [0.15, 0.2) is 24.4 Å². The maximum absolute atomic E-state index is 11.0. The van der Waals surface area contributed by atoms with Gasteiger partial charge in [-0.25, -0.2) is 4.79 Å². The Labute approximate surface area is 69.7 Å². The molecule has 1 atom stereocenters. The van der Waals surface area contributed by atoms with Crippen molar-refractivity contribution in [3.63, 3.8) is 0 Å². The summed E-state index contributed by atoms with van der Waals surface area (Å²) in [4.78, 5) is 9.77. The fourth-order valence-corrected chi connectivity index (χ4v) is 0.950. The number of methoxy groups -OCH3 is 1. The highest BCUT2D eigenvalue weighted by Crippen LogP contribution is 2.17. The zero-order chi connectivity index (χ0) is 8.32. The van der Waals surface area contributed by atoms with Crippen LogP contribution in [-0.2, 0) is 9.53 Å². The van der Waals surface area contributed by atoms with Crippen molar-refractivity contribution in [3.8, 4) is 0 Å².